The van der Waals surface area contributed by atoms with E-state index in [9.17, 15) is 9.59 Å². The quantitative estimate of drug-likeness (QED) is 0.291. The van der Waals surface area contributed by atoms with Crippen molar-refractivity contribution in [2.24, 2.45) is 10.8 Å². The van der Waals surface area contributed by atoms with E-state index < -0.39 is 12.1 Å². The molecule has 86 valence electrons. The van der Waals surface area contributed by atoms with Gasteiger partial charge in [-0.15, -0.1) is 0 Å². The Balaban J connectivity index is 3.88. The molecule has 0 bridgehead atoms. The van der Waals surface area contributed by atoms with E-state index in [1.807, 2.05) is 5.43 Å². The Morgan fingerprint density at radius 3 is 2.40 bits per heavy atom. The molecule has 0 spiro atoms. The largest absolute Gasteiger partial charge is 0.466 e. The molecule has 0 aromatic rings. The van der Waals surface area contributed by atoms with Crippen molar-refractivity contribution in [3.63, 3.8) is 0 Å². The summed E-state index contributed by atoms with van der Waals surface area (Å²) in [5.41, 5.74) is 7.35. The number of carbonyl (C=O) groups is 2. The number of amidine groups is 1. The normalized spacial score (nSPS) is 10.7. The highest BCUT2D eigenvalue weighted by molar-refractivity contribution is 5.96. The molecule has 0 aromatic carbocycles. The molecule has 0 fully saturated rings. The fourth-order valence-corrected chi connectivity index (χ4v) is 0.680. The lowest BCUT2D eigenvalue weighted by Crippen LogP contribution is -2.26. The van der Waals surface area contributed by atoms with E-state index >= 15 is 0 Å². The van der Waals surface area contributed by atoms with Gasteiger partial charge in [0.2, 0.25) is 0 Å². The SMILES string of the molecule is CCOC(=O)C/C(N)=N/NC(=O)OCC. The second kappa shape index (κ2) is 7.60. The van der Waals surface area contributed by atoms with Crippen molar-refractivity contribution >= 4 is 17.9 Å². The molecule has 0 aliphatic rings. The molecule has 0 saturated heterocycles. The third-order valence-corrected chi connectivity index (χ3v) is 1.20. The number of hydrazone groups is 1. The zero-order valence-corrected chi connectivity index (χ0v) is 8.78. The number of nitrogens with zero attached hydrogens (tertiary/aromatic N) is 1. The van der Waals surface area contributed by atoms with Crippen molar-refractivity contribution in [1.29, 1.82) is 0 Å². The van der Waals surface area contributed by atoms with Gasteiger partial charge in [-0.25, -0.2) is 10.2 Å². The third-order valence-electron chi connectivity index (χ3n) is 1.20. The molecule has 3 N–H and O–H groups in total. The lowest BCUT2D eigenvalue weighted by atomic mass is 10.4. The maximum absolute atomic E-state index is 10.9. The fourth-order valence-electron chi connectivity index (χ4n) is 0.680. The number of rotatable bonds is 5. The van der Waals surface area contributed by atoms with Gasteiger partial charge in [-0.05, 0) is 13.8 Å². The molecule has 0 aliphatic heterocycles. The lowest BCUT2D eigenvalue weighted by Gasteiger charge is -2.02. The summed E-state index contributed by atoms with van der Waals surface area (Å²) in [6.07, 6.45) is -0.885. The molecule has 1 amide bonds. The Morgan fingerprint density at radius 1 is 1.27 bits per heavy atom. The summed E-state index contributed by atoms with van der Waals surface area (Å²) in [7, 11) is 0. The number of amides is 1. The van der Waals surface area contributed by atoms with Crippen LogP contribution in [0.5, 0.6) is 0 Å². The Bertz CT molecular complexity index is 252. The first-order valence-electron chi connectivity index (χ1n) is 4.50. The van der Waals surface area contributed by atoms with Crippen molar-refractivity contribution in [3.05, 3.63) is 0 Å². The topological polar surface area (TPSA) is 103 Å². The van der Waals surface area contributed by atoms with Gasteiger partial charge in [-0.3, -0.25) is 4.79 Å². The molecule has 15 heavy (non-hydrogen) atoms. The number of nitrogens with two attached hydrogens (primary N) is 1. The van der Waals surface area contributed by atoms with E-state index in [0.29, 0.717) is 0 Å². The number of hydrogen-bond acceptors (Lipinski definition) is 5. The standard InChI is InChI=1S/C8H15N3O4/c1-3-14-7(12)5-6(9)10-11-8(13)15-4-2/h3-5H2,1-2H3,(H2,9,10)(H,11,13). The van der Waals surface area contributed by atoms with Gasteiger partial charge >= 0.3 is 12.1 Å². The molecule has 7 heteroatoms. The summed E-state index contributed by atoms with van der Waals surface area (Å²) in [5.74, 6) is -0.536. The molecule has 0 radical (unpaired) electrons. The molecule has 0 aliphatic carbocycles. The van der Waals surface area contributed by atoms with Crippen molar-refractivity contribution in [3.8, 4) is 0 Å². The molecule has 0 aromatic heterocycles. The third kappa shape index (κ3) is 7.29. The second-order valence-corrected chi connectivity index (χ2v) is 2.42. The molecule has 0 heterocycles. The van der Waals surface area contributed by atoms with Crippen LogP contribution in [0.3, 0.4) is 0 Å². The van der Waals surface area contributed by atoms with Crippen molar-refractivity contribution < 1.29 is 19.1 Å². The van der Waals surface area contributed by atoms with E-state index in [1.54, 1.807) is 13.8 Å². The Hall–Kier alpha value is -1.79. The average molecular weight is 217 g/mol. The lowest BCUT2D eigenvalue weighted by molar-refractivity contribution is -0.141. The molecule has 7 nitrogen and oxygen atoms in total. The maximum atomic E-state index is 10.9. The minimum absolute atomic E-state index is 0.0403. The van der Waals surface area contributed by atoms with E-state index in [2.05, 4.69) is 14.6 Å². The van der Waals surface area contributed by atoms with Crippen LogP contribution in [-0.4, -0.2) is 31.1 Å². The van der Waals surface area contributed by atoms with Gasteiger partial charge in [0, 0.05) is 0 Å². The summed E-state index contributed by atoms with van der Waals surface area (Å²) >= 11 is 0. The number of nitrogens with one attached hydrogen (secondary N) is 1. The molecule has 0 rings (SSSR count). The molecular formula is C8H15N3O4. The summed E-state index contributed by atoms with van der Waals surface area (Å²) in [5, 5.41) is 3.43. The number of hydrogen-bond donors (Lipinski definition) is 2. The molecule has 0 unspecified atom stereocenters. The minimum Gasteiger partial charge on any atom is -0.466 e. The number of ether oxygens (including phenoxy) is 2. The first-order valence-corrected chi connectivity index (χ1v) is 4.50. The average Bonchev–Trinajstić information content (AvgIpc) is 2.15. The van der Waals surface area contributed by atoms with Crippen LogP contribution in [0, 0.1) is 0 Å². The van der Waals surface area contributed by atoms with Crippen molar-refractivity contribution in [1.82, 2.24) is 5.43 Å². The van der Waals surface area contributed by atoms with Crippen LogP contribution >= 0.6 is 0 Å². The van der Waals surface area contributed by atoms with Crippen LogP contribution in [0.25, 0.3) is 0 Å². The number of esters is 1. The minimum atomic E-state index is -0.718. The summed E-state index contributed by atoms with van der Waals surface area (Å²) in [6, 6.07) is 0. The van der Waals surface area contributed by atoms with Gasteiger partial charge in [-0.2, -0.15) is 5.10 Å². The Morgan fingerprint density at radius 2 is 1.87 bits per heavy atom. The zero-order chi connectivity index (χ0) is 11.7. The fraction of sp³-hybridized carbons (Fsp3) is 0.625. The van der Waals surface area contributed by atoms with Gasteiger partial charge in [0.05, 0.1) is 13.2 Å². The van der Waals surface area contributed by atoms with Gasteiger partial charge in [-0.1, -0.05) is 0 Å². The Kier molecular flexibility index (Phi) is 6.69. The highest BCUT2D eigenvalue weighted by Gasteiger charge is 2.05. The smallest absolute Gasteiger partial charge is 0.427 e. The maximum Gasteiger partial charge on any atom is 0.427 e. The Labute approximate surface area is 87.6 Å². The summed E-state index contributed by atoms with van der Waals surface area (Å²) in [4.78, 5) is 21.6. The van der Waals surface area contributed by atoms with Gasteiger partial charge < -0.3 is 15.2 Å². The van der Waals surface area contributed by atoms with E-state index in [1.165, 1.54) is 0 Å². The van der Waals surface area contributed by atoms with Crippen LogP contribution in [0.4, 0.5) is 4.79 Å². The molecular weight excluding hydrogens is 202 g/mol. The molecule has 0 saturated carbocycles. The van der Waals surface area contributed by atoms with Gasteiger partial charge in [0.25, 0.3) is 0 Å². The van der Waals surface area contributed by atoms with Gasteiger partial charge in [0.1, 0.15) is 12.3 Å². The van der Waals surface area contributed by atoms with Crippen molar-refractivity contribution in [2.75, 3.05) is 13.2 Å². The van der Waals surface area contributed by atoms with E-state index in [4.69, 9.17) is 5.73 Å². The summed E-state index contributed by atoms with van der Waals surface area (Å²) < 4.78 is 9.14. The van der Waals surface area contributed by atoms with Crippen molar-refractivity contribution in [2.45, 2.75) is 20.3 Å². The van der Waals surface area contributed by atoms with E-state index in [-0.39, 0.29) is 25.5 Å². The van der Waals surface area contributed by atoms with Crippen LogP contribution in [-0.2, 0) is 14.3 Å². The van der Waals surface area contributed by atoms with Crippen LogP contribution in [0.1, 0.15) is 20.3 Å². The van der Waals surface area contributed by atoms with Crippen LogP contribution in [0.15, 0.2) is 5.10 Å². The molecule has 0 atom stereocenters. The second-order valence-electron chi connectivity index (χ2n) is 2.42. The highest BCUT2D eigenvalue weighted by atomic mass is 16.6. The first-order chi connectivity index (χ1) is 7.10. The monoisotopic (exact) mass is 217 g/mol. The first kappa shape index (κ1) is 13.2. The van der Waals surface area contributed by atoms with Crippen LogP contribution < -0.4 is 11.2 Å². The predicted octanol–water partition coefficient (Wildman–Crippen LogP) is -0.0421. The zero-order valence-electron chi connectivity index (χ0n) is 8.78. The highest BCUT2D eigenvalue weighted by Crippen LogP contribution is 1.86. The predicted molar refractivity (Wildman–Crippen MR) is 53.0 cm³/mol. The van der Waals surface area contributed by atoms with Gasteiger partial charge in [0.15, 0.2) is 0 Å². The van der Waals surface area contributed by atoms with Crippen LogP contribution in [0.2, 0.25) is 0 Å². The summed E-state index contributed by atoms with van der Waals surface area (Å²) in [6.45, 7) is 3.85. The number of carbonyl (C=O) groups excluding carboxylic acids is 2. The van der Waals surface area contributed by atoms with E-state index in [0.717, 1.165) is 0 Å².